The largest absolute Gasteiger partial charge is 0.504 e. The Hall–Kier alpha value is -3.92. The molecule has 2 amide bonds. The average molecular weight is 497 g/mol. The van der Waals surface area contributed by atoms with Crippen LogP contribution in [0.5, 0.6) is 11.5 Å². The predicted octanol–water partition coefficient (Wildman–Crippen LogP) is 2.27. The molecule has 10 nitrogen and oxygen atoms in total. The van der Waals surface area contributed by atoms with Gasteiger partial charge in [0.25, 0.3) is 0 Å². The third-order valence-corrected chi connectivity index (χ3v) is 7.22. The van der Waals surface area contributed by atoms with Gasteiger partial charge in [-0.15, -0.1) is 0 Å². The second kappa shape index (κ2) is 9.27. The molecule has 4 rings (SSSR count). The van der Waals surface area contributed by atoms with Crippen LogP contribution in [0.1, 0.15) is 43.0 Å². The van der Waals surface area contributed by atoms with Gasteiger partial charge in [0.15, 0.2) is 11.5 Å². The van der Waals surface area contributed by atoms with Gasteiger partial charge in [-0.05, 0) is 41.7 Å². The van der Waals surface area contributed by atoms with Gasteiger partial charge in [-0.1, -0.05) is 38.1 Å². The van der Waals surface area contributed by atoms with E-state index in [-0.39, 0.29) is 11.5 Å². The first kappa shape index (κ1) is 25.2. The van der Waals surface area contributed by atoms with Crippen molar-refractivity contribution in [3.8, 4) is 11.5 Å². The molecule has 36 heavy (non-hydrogen) atoms. The van der Waals surface area contributed by atoms with Gasteiger partial charge in [-0.25, -0.2) is 4.90 Å². The monoisotopic (exact) mass is 496 g/mol. The van der Waals surface area contributed by atoms with E-state index in [0.29, 0.717) is 24.1 Å². The first-order valence-electron chi connectivity index (χ1n) is 11.7. The van der Waals surface area contributed by atoms with Crippen molar-refractivity contribution in [2.45, 2.75) is 44.7 Å². The molecule has 190 valence electrons. The highest BCUT2D eigenvalue weighted by Crippen LogP contribution is 2.52. The first-order chi connectivity index (χ1) is 17.1. The van der Waals surface area contributed by atoms with E-state index in [9.17, 15) is 34.5 Å². The number of imide groups is 1. The number of para-hydroxylation sites is 1. The van der Waals surface area contributed by atoms with Crippen molar-refractivity contribution >= 4 is 29.4 Å². The molecule has 0 radical (unpaired) electrons. The maximum atomic E-state index is 14.0. The number of nitrogens with one attached hydrogen (secondary N) is 1. The molecular formula is C26H28N2O8. The number of carbonyl (C=O) groups excluding carboxylic acids is 2. The van der Waals surface area contributed by atoms with E-state index < -0.39 is 53.6 Å². The third kappa shape index (κ3) is 3.69. The number of amides is 2. The summed E-state index contributed by atoms with van der Waals surface area (Å²) in [4.78, 5) is 53.4. The molecule has 2 aliphatic heterocycles. The number of rotatable bonds is 8. The Balaban J connectivity index is 1.94. The zero-order chi connectivity index (χ0) is 26.4. The number of aliphatic carboxylic acids is 2. The molecule has 2 fully saturated rings. The summed E-state index contributed by atoms with van der Waals surface area (Å²) in [6, 6.07) is 8.72. The molecule has 2 aromatic carbocycles. The molecule has 0 saturated carbocycles. The van der Waals surface area contributed by atoms with Gasteiger partial charge in [-0.2, -0.15) is 0 Å². The summed E-state index contributed by atoms with van der Waals surface area (Å²) in [7, 11) is 1.34. The van der Waals surface area contributed by atoms with Crippen LogP contribution in [0, 0.1) is 11.8 Å². The molecule has 4 N–H and O–H groups in total. The minimum absolute atomic E-state index is 0.0927. The number of carboxylic acids is 2. The quantitative estimate of drug-likeness (QED) is 0.403. The number of aromatic hydroxyl groups is 1. The number of hydrogen-bond acceptors (Lipinski definition) is 7. The Morgan fingerprint density at radius 3 is 2.22 bits per heavy atom. The van der Waals surface area contributed by atoms with Crippen LogP contribution in [-0.4, -0.2) is 51.7 Å². The fourth-order valence-corrected chi connectivity index (χ4v) is 5.57. The van der Waals surface area contributed by atoms with E-state index in [4.69, 9.17) is 4.74 Å². The number of benzene rings is 2. The molecule has 0 bridgehead atoms. The second-order valence-electron chi connectivity index (χ2n) is 9.05. The minimum atomic E-state index is -2.22. The molecule has 4 atom stereocenters. The van der Waals surface area contributed by atoms with Crippen molar-refractivity contribution in [1.82, 2.24) is 5.32 Å². The van der Waals surface area contributed by atoms with Crippen LogP contribution in [0.2, 0.25) is 0 Å². The second-order valence-corrected chi connectivity index (χ2v) is 9.05. The Bertz CT molecular complexity index is 1240. The fraction of sp³-hybridized carbons (Fsp3) is 0.385. The van der Waals surface area contributed by atoms with Crippen LogP contribution in [0.4, 0.5) is 5.69 Å². The van der Waals surface area contributed by atoms with Crippen molar-refractivity contribution in [2.75, 3.05) is 12.0 Å². The van der Waals surface area contributed by atoms with Gasteiger partial charge >= 0.3 is 11.9 Å². The van der Waals surface area contributed by atoms with Gasteiger partial charge in [-0.3, -0.25) is 24.5 Å². The van der Waals surface area contributed by atoms with Crippen LogP contribution in [-0.2, 0) is 32.0 Å². The molecule has 0 spiro atoms. The lowest BCUT2D eigenvalue weighted by molar-refractivity contribution is -0.154. The highest BCUT2D eigenvalue weighted by molar-refractivity contribution is 6.25. The molecule has 0 aliphatic carbocycles. The molecule has 2 heterocycles. The van der Waals surface area contributed by atoms with Gasteiger partial charge in [0.2, 0.25) is 11.8 Å². The molecule has 2 saturated heterocycles. The number of phenolic OH excluding ortho intramolecular Hbond substituents is 1. The number of nitrogens with zero attached hydrogens (tertiary/aromatic N) is 1. The van der Waals surface area contributed by atoms with Crippen molar-refractivity contribution < 1.29 is 39.2 Å². The van der Waals surface area contributed by atoms with Crippen LogP contribution >= 0.6 is 0 Å². The summed E-state index contributed by atoms with van der Waals surface area (Å²) in [5, 5.41) is 32.7. The zero-order valence-electron chi connectivity index (χ0n) is 20.1. The number of carbonyl (C=O) groups is 4. The van der Waals surface area contributed by atoms with Crippen molar-refractivity contribution in [3.05, 3.63) is 53.1 Å². The number of hydrogen-bond donors (Lipinski definition) is 4. The summed E-state index contributed by atoms with van der Waals surface area (Å²) < 4.78 is 5.17. The number of carboxylic acid groups (broad SMARTS) is 2. The minimum Gasteiger partial charge on any atom is -0.504 e. The summed E-state index contributed by atoms with van der Waals surface area (Å²) in [6.45, 7) is 3.78. The summed E-state index contributed by atoms with van der Waals surface area (Å²) in [6.07, 6.45) is 0.162. The summed E-state index contributed by atoms with van der Waals surface area (Å²) >= 11 is 0. The number of aryl methyl sites for hydroxylation is 2. The molecule has 2 aliphatic rings. The number of anilines is 1. The standard InChI is InChI=1S/C26H28N2O8/c1-4-13-7-6-8-14(5-2)22(13)28-23(32)19-20(24(28)33)26(25(34)35,12-18(30)31)27-21(19)15-9-10-16(29)17(11-15)36-3/h6-11,19-21,27,29H,4-5,12H2,1-3H3,(H,30,31)(H,34,35). The molecule has 2 aromatic rings. The fourth-order valence-electron chi connectivity index (χ4n) is 5.57. The third-order valence-electron chi connectivity index (χ3n) is 7.22. The normalized spacial score (nSPS) is 25.2. The number of fused-ring (bicyclic) bond motifs is 1. The van der Waals surface area contributed by atoms with Gasteiger partial charge < -0.3 is 20.1 Å². The summed E-state index contributed by atoms with van der Waals surface area (Å²) in [5.41, 5.74) is 0.109. The maximum Gasteiger partial charge on any atom is 0.325 e. The molecule has 0 aromatic heterocycles. The topological polar surface area (TPSA) is 153 Å². The number of phenols is 1. The van der Waals surface area contributed by atoms with E-state index in [2.05, 4.69) is 5.32 Å². The molecule has 10 heteroatoms. The van der Waals surface area contributed by atoms with E-state index in [1.165, 1.54) is 25.3 Å². The zero-order valence-corrected chi connectivity index (χ0v) is 20.1. The lowest BCUT2D eigenvalue weighted by atomic mass is 9.77. The maximum absolute atomic E-state index is 14.0. The van der Waals surface area contributed by atoms with Crippen molar-refractivity contribution in [3.63, 3.8) is 0 Å². The Labute approximate surface area is 207 Å². The van der Waals surface area contributed by atoms with Crippen molar-refractivity contribution in [1.29, 1.82) is 0 Å². The van der Waals surface area contributed by atoms with E-state index in [0.717, 1.165) is 16.0 Å². The number of ether oxygens (including phenoxy) is 1. The predicted molar refractivity (Wildman–Crippen MR) is 128 cm³/mol. The van der Waals surface area contributed by atoms with Crippen LogP contribution in [0.25, 0.3) is 0 Å². The highest BCUT2D eigenvalue weighted by Gasteiger charge is 2.69. The van der Waals surface area contributed by atoms with Crippen LogP contribution in [0.15, 0.2) is 36.4 Å². The van der Waals surface area contributed by atoms with Gasteiger partial charge in [0, 0.05) is 6.04 Å². The first-order valence-corrected chi connectivity index (χ1v) is 11.7. The lowest BCUT2D eigenvalue weighted by Gasteiger charge is -2.30. The smallest absolute Gasteiger partial charge is 0.325 e. The molecule has 4 unspecified atom stereocenters. The van der Waals surface area contributed by atoms with E-state index in [1.807, 2.05) is 32.0 Å². The van der Waals surface area contributed by atoms with Crippen LogP contribution < -0.4 is 15.0 Å². The van der Waals surface area contributed by atoms with E-state index in [1.54, 1.807) is 0 Å². The Morgan fingerprint density at radius 2 is 1.69 bits per heavy atom. The number of methoxy groups -OCH3 is 1. The van der Waals surface area contributed by atoms with Crippen LogP contribution in [0.3, 0.4) is 0 Å². The average Bonchev–Trinajstić information content (AvgIpc) is 3.32. The summed E-state index contributed by atoms with van der Waals surface area (Å²) in [5.74, 6) is -7.01. The SMILES string of the molecule is CCc1cccc(CC)c1N1C(=O)C2C(c3ccc(O)c(OC)c3)NC(CC(=O)O)(C(=O)O)C2C1=O. The Kier molecular flexibility index (Phi) is 6.48. The molecular weight excluding hydrogens is 468 g/mol. The van der Waals surface area contributed by atoms with Gasteiger partial charge in [0.1, 0.15) is 5.54 Å². The Morgan fingerprint density at radius 1 is 1.06 bits per heavy atom. The van der Waals surface area contributed by atoms with Gasteiger partial charge in [0.05, 0.1) is 31.1 Å². The lowest BCUT2D eigenvalue weighted by Crippen LogP contribution is -2.57. The van der Waals surface area contributed by atoms with E-state index >= 15 is 0 Å². The van der Waals surface area contributed by atoms with Crippen molar-refractivity contribution in [2.24, 2.45) is 11.8 Å². The highest BCUT2D eigenvalue weighted by atomic mass is 16.5.